The van der Waals surface area contributed by atoms with E-state index in [-0.39, 0.29) is 33.6 Å². The molecule has 112 valence electrons. The summed E-state index contributed by atoms with van der Waals surface area (Å²) < 4.78 is 13.4. The third-order valence-corrected chi connectivity index (χ3v) is 3.47. The van der Waals surface area contributed by atoms with Crippen molar-refractivity contribution in [3.63, 3.8) is 0 Å². The predicted molar refractivity (Wildman–Crippen MR) is 76.8 cm³/mol. The van der Waals surface area contributed by atoms with E-state index in [0.717, 1.165) is 25.0 Å². The fourth-order valence-corrected chi connectivity index (χ4v) is 2.00. The van der Waals surface area contributed by atoms with Crippen LogP contribution >= 0.6 is 23.2 Å². The molecule has 1 aromatic rings. The third kappa shape index (κ3) is 4.27. The average Bonchev–Trinajstić information content (AvgIpc) is 3.24. The van der Waals surface area contributed by atoms with Gasteiger partial charge in [-0.05, 0) is 25.0 Å². The van der Waals surface area contributed by atoms with Crippen LogP contribution in [0.5, 0.6) is 0 Å². The van der Waals surface area contributed by atoms with Crippen LogP contribution in [0.2, 0.25) is 10.0 Å². The van der Waals surface area contributed by atoms with Gasteiger partial charge >= 0.3 is 5.97 Å². The van der Waals surface area contributed by atoms with Gasteiger partial charge in [0, 0.05) is 23.6 Å². The molecule has 0 saturated heterocycles. The molecule has 1 aromatic carbocycles. The third-order valence-electron chi connectivity index (χ3n) is 2.87. The lowest BCUT2D eigenvalue weighted by atomic mass is 10.0. The number of hydrogen-bond donors (Lipinski definition) is 1. The number of halogens is 3. The number of Topliss-reactive ketones (excluding diaryl/α,β-unsaturated/α-hetero) is 1. The number of ketones is 1. The zero-order valence-electron chi connectivity index (χ0n) is 10.9. The molecule has 7 heteroatoms. The molecule has 0 atom stereocenters. The summed E-state index contributed by atoms with van der Waals surface area (Å²) in [4.78, 5) is 28.4. The maximum atomic E-state index is 13.4. The number of nitrogens with one attached hydrogen (secondary N) is 1. The number of carbonyl (C=O) groups excluding carboxylic acids is 2. The number of benzene rings is 1. The van der Waals surface area contributed by atoms with Gasteiger partial charge in [0.05, 0.1) is 10.0 Å². The van der Waals surface area contributed by atoms with E-state index in [1.165, 1.54) is 0 Å². The molecule has 0 spiro atoms. The SMILES string of the molecule is C=C(CC(=O)c1cc(F)c(Cl)cc1Cl)C(=O)ONC1CC1. The second-order valence-electron chi connectivity index (χ2n) is 4.73. The van der Waals surface area contributed by atoms with Gasteiger partial charge in [-0.15, -0.1) is 5.48 Å². The monoisotopic (exact) mass is 331 g/mol. The minimum absolute atomic E-state index is 0.0173. The Morgan fingerprint density at radius 3 is 2.62 bits per heavy atom. The van der Waals surface area contributed by atoms with Crippen LogP contribution in [-0.4, -0.2) is 17.8 Å². The normalized spacial score (nSPS) is 13.9. The Labute approximate surface area is 130 Å². The second-order valence-corrected chi connectivity index (χ2v) is 5.55. The Balaban J connectivity index is 1.98. The molecule has 0 radical (unpaired) electrons. The van der Waals surface area contributed by atoms with Crippen LogP contribution in [0.3, 0.4) is 0 Å². The lowest BCUT2D eigenvalue weighted by Crippen LogP contribution is -2.23. The summed E-state index contributed by atoms with van der Waals surface area (Å²) >= 11 is 11.4. The molecule has 4 nitrogen and oxygen atoms in total. The fourth-order valence-electron chi connectivity index (χ4n) is 1.51. The van der Waals surface area contributed by atoms with Gasteiger partial charge in [-0.25, -0.2) is 9.18 Å². The van der Waals surface area contributed by atoms with E-state index in [1.54, 1.807) is 0 Å². The quantitative estimate of drug-likeness (QED) is 0.375. The van der Waals surface area contributed by atoms with Crippen molar-refractivity contribution in [2.45, 2.75) is 25.3 Å². The topological polar surface area (TPSA) is 55.4 Å². The van der Waals surface area contributed by atoms with Crippen LogP contribution in [0.25, 0.3) is 0 Å². The molecule has 1 N–H and O–H groups in total. The fraction of sp³-hybridized carbons (Fsp3) is 0.286. The van der Waals surface area contributed by atoms with Gasteiger partial charge in [0.2, 0.25) is 0 Å². The molecule has 1 aliphatic rings. The molecule has 1 saturated carbocycles. The summed E-state index contributed by atoms with van der Waals surface area (Å²) in [7, 11) is 0. The Morgan fingerprint density at radius 2 is 2.00 bits per heavy atom. The van der Waals surface area contributed by atoms with E-state index in [2.05, 4.69) is 12.1 Å². The second kappa shape index (κ2) is 6.56. The van der Waals surface area contributed by atoms with Crippen LogP contribution in [0.1, 0.15) is 29.6 Å². The van der Waals surface area contributed by atoms with Gasteiger partial charge in [0.1, 0.15) is 5.82 Å². The smallest absolute Gasteiger partial charge is 0.352 e. The van der Waals surface area contributed by atoms with Crippen molar-refractivity contribution in [3.05, 3.63) is 45.7 Å². The molecule has 1 aliphatic carbocycles. The molecule has 0 heterocycles. The van der Waals surface area contributed by atoms with Crippen LogP contribution in [-0.2, 0) is 9.63 Å². The minimum Gasteiger partial charge on any atom is -0.367 e. The summed E-state index contributed by atoms with van der Waals surface area (Å²) in [6.07, 6.45) is 1.57. The number of hydroxylamine groups is 1. The van der Waals surface area contributed by atoms with Gasteiger partial charge in [-0.1, -0.05) is 29.8 Å². The first kappa shape index (κ1) is 15.9. The summed E-state index contributed by atoms with van der Waals surface area (Å²) in [6.45, 7) is 3.49. The molecule has 0 bridgehead atoms. The molecule has 2 rings (SSSR count). The highest BCUT2D eigenvalue weighted by atomic mass is 35.5. The molecule has 21 heavy (non-hydrogen) atoms. The Kier molecular flexibility index (Phi) is 4.98. The number of carbonyl (C=O) groups is 2. The maximum Gasteiger partial charge on any atom is 0.352 e. The summed E-state index contributed by atoms with van der Waals surface area (Å²) in [5, 5.41) is -0.160. The van der Waals surface area contributed by atoms with Crippen molar-refractivity contribution in [3.8, 4) is 0 Å². The largest absolute Gasteiger partial charge is 0.367 e. The molecule has 0 aromatic heterocycles. The van der Waals surface area contributed by atoms with E-state index in [0.29, 0.717) is 0 Å². The Morgan fingerprint density at radius 1 is 1.33 bits per heavy atom. The zero-order valence-corrected chi connectivity index (χ0v) is 12.4. The van der Waals surface area contributed by atoms with Gasteiger partial charge in [0.15, 0.2) is 5.78 Å². The van der Waals surface area contributed by atoms with Crippen molar-refractivity contribution in [2.75, 3.05) is 0 Å². The summed E-state index contributed by atoms with van der Waals surface area (Å²) in [5.41, 5.74) is 2.46. The van der Waals surface area contributed by atoms with Crippen molar-refractivity contribution in [1.82, 2.24) is 5.48 Å². The molecule has 0 amide bonds. The van der Waals surface area contributed by atoms with Crippen LogP contribution in [0.15, 0.2) is 24.3 Å². The van der Waals surface area contributed by atoms with Crippen LogP contribution in [0, 0.1) is 5.82 Å². The lowest BCUT2D eigenvalue weighted by molar-refractivity contribution is -0.146. The van der Waals surface area contributed by atoms with Gasteiger partial charge in [-0.2, -0.15) is 0 Å². The first-order chi connectivity index (χ1) is 9.88. The average molecular weight is 332 g/mol. The molecular weight excluding hydrogens is 320 g/mol. The van der Waals surface area contributed by atoms with E-state index in [4.69, 9.17) is 28.0 Å². The van der Waals surface area contributed by atoms with E-state index in [1.807, 2.05) is 0 Å². The highest BCUT2D eigenvalue weighted by molar-refractivity contribution is 6.37. The minimum atomic E-state index is -0.756. The van der Waals surface area contributed by atoms with E-state index in [9.17, 15) is 14.0 Å². The first-order valence-corrected chi connectivity index (χ1v) is 6.96. The van der Waals surface area contributed by atoms with Crippen LogP contribution < -0.4 is 5.48 Å². The van der Waals surface area contributed by atoms with E-state index < -0.39 is 17.6 Å². The van der Waals surface area contributed by atoms with Crippen molar-refractivity contribution in [2.24, 2.45) is 0 Å². The molecule has 0 aliphatic heterocycles. The highest BCUT2D eigenvalue weighted by Gasteiger charge is 2.24. The number of rotatable bonds is 6. The van der Waals surface area contributed by atoms with Crippen molar-refractivity contribution < 1.29 is 18.8 Å². The standard InChI is InChI=1S/C14H12Cl2FNO3/c1-7(14(20)21-18-8-2-3-8)4-13(19)9-5-12(17)11(16)6-10(9)15/h5-6,8,18H,1-4H2. The lowest BCUT2D eigenvalue weighted by Gasteiger charge is -2.08. The van der Waals surface area contributed by atoms with Crippen LogP contribution in [0.4, 0.5) is 4.39 Å². The predicted octanol–water partition coefficient (Wildman–Crippen LogP) is 3.47. The van der Waals surface area contributed by atoms with Crippen molar-refractivity contribution >= 4 is 35.0 Å². The van der Waals surface area contributed by atoms with Gasteiger partial charge in [0.25, 0.3) is 0 Å². The molecule has 1 fully saturated rings. The maximum absolute atomic E-state index is 13.4. The highest BCUT2D eigenvalue weighted by Crippen LogP contribution is 2.26. The molecule has 0 unspecified atom stereocenters. The molecular formula is C14H12Cl2FNO3. The van der Waals surface area contributed by atoms with Gasteiger partial charge in [-0.3, -0.25) is 4.79 Å². The van der Waals surface area contributed by atoms with Gasteiger partial charge < -0.3 is 4.84 Å². The Bertz CT molecular complexity index is 614. The van der Waals surface area contributed by atoms with Crippen molar-refractivity contribution in [1.29, 1.82) is 0 Å². The summed E-state index contributed by atoms with van der Waals surface area (Å²) in [5.74, 6) is -2.02. The first-order valence-electron chi connectivity index (χ1n) is 6.20. The van der Waals surface area contributed by atoms with E-state index >= 15 is 0 Å². The summed E-state index contributed by atoms with van der Waals surface area (Å²) in [6, 6.07) is 2.26. The number of hydrogen-bond acceptors (Lipinski definition) is 4. The Hall–Kier alpha value is -1.43. The zero-order chi connectivity index (χ0) is 15.6.